The van der Waals surface area contributed by atoms with E-state index in [1.54, 1.807) is 0 Å². The van der Waals surface area contributed by atoms with Crippen LogP contribution in [0.5, 0.6) is 0 Å². The van der Waals surface area contributed by atoms with Gasteiger partial charge in [0.2, 0.25) is 5.89 Å². The Labute approximate surface area is 349 Å². The minimum Gasteiger partial charge on any atom is -0.436 e. The third-order valence-corrected chi connectivity index (χ3v) is 11.5. The summed E-state index contributed by atoms with van der Waals surface area (Å²) < 4.78 is 6.24. The summed E-state index contributed by atoms with van der Waals surface area (Å²) in [6.07, 6.45) is 0. The second kappa shape index (κ2) is 15.1. The van der Waals surface area contributed by atoms with Crippen LogP contribution in [-0.4, -0.2) is 4.98 Å². The van der Waals surface area contributed by atoms with Gasteiger partial charge in [0.15, 0.2) is 5.58 Å². The third kappa shape index (κ3) is 6.49. The maximum Gasteiger partial charge on any atom is 0.227 e. The average molecular weight is 767 g/mol. The van der Waals surface area contributed by atoms with Crippen LogP contribution in [0.15, 0.2) is 235 Å². The van der Waals surface area contributed by atoms with Crippen molar-refractivity contribution in [2.45, 2.75) is 0 Å². The van der Waals surface area contributed by atoms with Crippen molar-refractivity contribution in [3.8, 4) is 56.0 Å². The number of rotatable bonds is 8. The van der Waals surface area contributed by atoms with E-state index in [1.807, 2.05) is 36.4 Å². The molecular formula is C57H38N2O. The van der Waals surface area contributed by atoms with Crippen LogP contribution in [-0.2, 0) is 0 Å². The largest absolute Gasteiger partial charge is 0.436 e. The molecule has 282 valence electrons. The Hall–Kier alpha value is -8.01. The van der Waals surface area contributed by atoms with Gasteiger partial charge in [-0.1, -0.05) is 170 Å². The zero-order valence-corrected chi connectivity index (χ0v) is 32.7. The summed E-state index contributed by atoms with van der Waals surface area (Å²) in [5, 5.41) is 4.60. The predicted octanol–water partition coefficient (Wildman–Crippen LogP) is 15.9. The third-order valence-electron chi connectivity index (χ3n) is 11.5. The molecule has 0 N–H and O–H groups in total. The maximum absolute atomic E-state index is 6.24. The van der Waals surface area contributed by atoms with Crippen LogP contribution < -0.4 is 4.90 Å². The van der Waals surface area contributed by atoms with Gasteiger partial charge in [0, 0.05) is 27.8 Å². The second-order valence-corrected chi connectivity index (χ2v) is 15.2. The number of para-hydroxylation sites is 1. The molecule has 0 fully saturated rings. The highest BCUT2D eigenvalue weighted by Gasteiger charge is 2.23. The van der Waals surface area contributed by atoms with E-state index in [9.17, 15) is 0 Å². The highest BCUT2D eigenvalue weighted by Crippen LogP contribution is 2.47. The Morgan fingerprint density at radius 2 is 0.900 bits per heavy atom. The average Bonchev–Trinajstić information content (AvgIpc) is 3.78. The molecule has 11 aromatic rings. The van der Waals surface area contributed by atoms with Crippen LogP contribution in [0.3, 0.4) is 0 Å². The van der Waals surface area contributed by atoms with Crippen molar-refractivity contribution >= 4 is 49.7 Å². The number of benzene rings is 10. The molecule has 0 bridgehead atoms. The highest BCUT2D eigenvalue weighted by molar-refractivity contribution is 6.06. The van der Waals surface area contributed by atoms with Gasteiger partial charge in [-0.15, -0.1) is 0 Å². The lowest BCUT2D eigenvalue weighted by Crippen LogP contribution is -2.13. The first-order chi connectivity index (χ1) is 29.7. The molecule has 0 aliphatic carbocycles. The quantitative estimate of drug-likeness (QED) is 0.154. The standard InChI is InChI=1S/C57H38N2O/c1-5-15-39(16-6-1)45-29-33-53(52(37-45)48-26-25-40-17-13-14-22-43(40)35-48)59(49-23-11-4-12-24-49)54-38-46(27-31-50(54)41-18-7-2-8-19-41)44-28-32-51-47(36-44)30-34-55-56(51)58-57(60-55)42-20-9-3-10-21-42/h1-38H. The highest BCUT2D eigenvalue weighted by atomic mass is 16.3. The number of nitrogens with zero attached hydrogens (tertiary/aromatic N) is 2. The molecule has 0 saturated heterocycles. The van der Waals surface area contributed by atoms with Crippen molar-refractivity contribution in [3.63, 3.8) is 0 Å². The first-order valence-electron chi connectivity index (χ1n) is 20.4. The summed E-state index contributed by atoms with van der Waals surface area (Å²) in [5.74, 6) is 0.629. The minimum atomic E-state index is 0.629. The van der Waals surface area contributed by atoms with E-state index >= 15 is 0 Å². The number of oxazole rings is 1. The molecule has 10 aromatic carbocycles. The molecule has 11 rings (SSSR count). The van der Waals surface area contributed by atoms with Crippen molar-refractivity contribution in [1.82, 2.24) is 4.98 Å². The first kappa shape index (κ1) is 35.2. The second-order valence-electron chi connectivity index (χ2n) is 15.2. The zero-order chi connectivity index (χ0) is 39.8. The van der Waals surface area contributed by atoms with E-state index < -0.39 is 0 Å². The number of anilines is 3. The normalized spacial score (nSPS) is 11.3. The molecule has 3 nitrogen and oxygen atoms in total. The molecule has 0 unspecified atom stereocenters. The fourth-order valence-electron chi connectivity index (χ4n) is 8.48. The van der Waals surface area contributed by atoms with Gasteiger partial charge in [-0.25, -0.2) is 4.98 Å². The lowest BCUT2D eigenvalue weighted by molar-refractivity contribution is 0.620. The summed E-state index contributed by atoms with van der Waals surface area (Å²) in [7, 11) is 0. The molecule has 0 radical (unpaired) electrons. The fraction of sp³-hybridized carbons (Fsp3) is 0. The van der Waals surface area contributed by atoms with Crippen LogP contribution in [0.4, 0.5) is 17.1 Å². The molecule has 0 atom stereocenters. The summed E-state index contributed by atoms with van der Waals surface area (Å²) in [5.41, 5.74) is 15.0. The Morgan fingerprint density at radius 3 is 1.67 bits per heavy atom. The van der Waals surface area contributed by atoms with E-state index in [4.69, 9.17) is 9.40 Å². The number of hydrogen-bond acceptors (Lipinski definition) is 3. The lowest BCUT2D eigenvalue weighted by atomic mass is 9.93. The number of fused-ring (bicyclic) bond motifs is 4. The molecule has 60 heavy (non-hydrogen) atoms. The number of hydrogen-bond donors (Lipinski definition) is 0. The molecular weight excluding hydrogens is 729 g/mol. The van der Waals surface area contributed by atoms with Gasteiger partial charge >= 0.3 is 0 Å². The molecule has 0 spiro atoms. The number of aromatic nitrogens is 1. The lowest BCUT2D eigenvalue weighted by Gasteiger charge is -2.31. The van der Waals surface area contributed by atoms with Crippen molar-refractivity contribution in [2.75, 3.05) is 4.90 Å². The van der Waals surface area contributed by atoms with Gasteiger partial charge in [-0.2, -0.15) is 0 Å². The summed E-state index contributed by atoms with van der Waals surface area (Å²) in [6, 6.07) is 82.3. The zero-order valence-electron chi connectivity index (χ0n) is 32.7. The van der Waals surface area contributed by atoms with E-state index in [1.165, 1.54) is 21.9 Å². The molecule has 1 heterocycles. The van der Waals surface area contributed by atoms with Gasteiger partial charge < -0.3 is 9.32 Å². The van der Waals surface area contributed by atoms with E-state index in [0.717, 1.165) is 77.9 Å². The van der Waals surface area contributed by atoms with Crippen molar-refractivity contribution < 1.29 is 4.42 Å². The Bertz CT molecular complexity index is 3300. The van der Waals surface area contributed by atoms with Crippen molar-refractivity contribution in [1.29, 1.82) is 0 Å². The van der Waals surface area contributed by atoms with E-state index in [2.05, 4.69) is 199 Å². The topological polar surface area (TPSA) is 29.3 Å². The van der Waals surface area contributed by atoms with Crippen LogP contribution in [0.2, 0.25) is 0 Å². The molecule has 0 aliphatic heterocycles. The molecule has 0 amide bonds. The Morgan fingerprint density at radius 1 is 0.333 bits per heavy atom. The van der Waals surface area contributed by atoms with Crippen LogP contribution >= 0.6 is 0 Å². The van der Waals surface area contributed by atoms with Gasteiger partial charge in [-0.3, -0.25) is 0 Å². The summed E-state index contributed by atoms with van der Waals surface area (Å²) in [4.78, 5) is 7.41. The molecule has 3 heteroatoms. The van der Waals surface area contributed by atoms with Crippen LogP contribution in [0, 0.1) is 0 Å². The predicted molar refractivity (Wildman–Crippen MR) is 251 cm³/mol. The van der Waals surface area contributed by atoms with Crippen LogP contribution in [0.1, 0.15) is 0 Å². The Balaban J connectivity index is 1.12. The van der Waals surface area contributed by atoms with Crippen molar-refractivity contribution in [2.24, 2.45) is 0 Å². The summed E-state index contributed by atoms with van der Waals surface area (Å²) >= 11 is 0. The van der Waals surface area contributed by atoms with Gasteiger partial charge in [-0.05, 0) is 110 Å². The molecule has 0 saturated carbocycles. The summed E-state index contributed by atoms with van der Waals surface area (Å²) in [6.45, 7) is 0. The Kier molecular flexibility index (Phi) is 8.83. The molecule has 1 aromatic heterocycles. The minimum absolute atomic E-state index is 0.629. The van der Waals surface area contributed by atoms with Crippen LogP contribution in [0.25, 0.3) is 88.6 Å². The molecule has 0 aliphatic rings. The SMILES string of the molecule is c1ccc(-c2ccc(N(c3ccccc3)c3cc(-c4ccc5c(ccc6oc(-c7ccccc7)nc65)c4)ccc3-c3ccccc3)c(-c3ccc4ccccc4c3)c2)cc1. The van der Waals surface area contributed by atoms with Crippen molar-refractivity contribution in [3.05, 3.63) is 231 Å². The maximum atomic E-state index is 6.24. The first-order valence-corrected chi connectivity index (χ1v) is 20.4. The van der Waals surface area contributed by atoms with E-state index in [-0.39, 0.29) is 0 Å². The van der Waals surface area contributed by atoms with Gasteiger partial charge in [0.05, 0.1) is 11.4 Å². The van der Waals surface area contributed by atoms with Gasteiger partial charge in [0.1, 0.15) is 5.52 Å². The fourth-order valence-corrected chi connectivity index (χ4v) is 8.48. The smallest absolute Gasteiger partial charge is 0.227 e. The van der Waals surface area contributed by atoms with E-state index in [0.29, 0.717) is 5.89 Å². The monoisotopic (exact) mass is 766 g/mol. The van der Waals surface area contributed by atoms with Gasteiger partial charge in [0.25, 0.3) is 0 Å².